The highest BCUT2D eigenvalue weighted by Gasteiger charge is 2.52. The van der Waals surface area contributed by atoms with Gasteiger partial charge in [-0.05, 0) is 131 Å². The Labute approximate surface area is 436 Å². The van der Waals surface area contributed by atoms with Crippen LogP contribution in [-0.4, -0.2) is 142 Å². The van der Waals surface area contributed by atoms with E-state index in [1.54, 1.807) is 41.3 Å². The number of likely N-dealkylation sites (tertiary alicyclic amines) is 2. The van der Waals surface area contributed by atoms with Crippen LogP contribution in [0.4, 0.5) is 8.78 Å². The average Bonchev–Trinajstić information content (AvgIpc) is 4.31. The second-order valence-electron chi connectivity index (χ2n) is 22.9. The summed E-state index contributed by atoms with van der Waals surface area (Å²) < 4.78 is 38.3. The molecule has 8 fully saturated rings. The molecule has 1 aromatic heterocycles. The molecule has 398 valence electrons. The highest BCUT2D eigenvalue weighted by Crippen LogP contribution is 2.45. The minimum atomic E-state index is -0.811. The maximum absolute atomic E-state index is 16.4. The van der Waals surface area contributed by atoms with E-state index in [-0.39, 0.29) is 63.7 Å². The molecule has 1 unspecified atom stereocenters. The largest absolute Gasteiger partial charge is 0.371 e. The fourth-order valence-electron chi connectivity index (χ4n) is 13.3. The van der Waals surface area contributed by atoms with Crippen LogP contribution in [-0.2, 0) is 25.5 Å². The van der Waals surface area contributed by atoms with Gasteiger partial charge in [0.2, 0.25) is 17.7 Å². The SMILES string of the molecule is O=C(N[C@@H](C(=O)NC12CCC(CN3CCC(C(=O)N4CCN(C(=O)c5cc(Cc6n[nH]c(=O)c7ccccc67)ccc5F)CC4)CC3)(CC1)OC2)C1CCCCC1)c1cccc(C2CCCN(C(=O)C3CC3)C2)c1F. The Morgan fingerprint density at radius 1 is 0.720 bits per heavy atom. The van der Waals surface area contributed by atoms with Gasteiger partial charge < -0.3 is 35.0 Å². The van der Waals surface area contributed by atoms with Crippen LogP contribution in [0.3, 0.4) is 0 Å². The standard InChI is InChI=1S/C58H70F2N8O7/c59-47-18-15-37(33-48-43-11-4-5-12-44(43)52(70)64-63-48)32-46(47)56(74)67-30-28-66(29-31-67)54(72)40-19-26-65(27-20-40)35-58-23-21-57(22-24-58,36-75-58)62-53(71)50(38-8-2-1-3-9-38)61-51(69)45-14-6-13-42(49(45)60)41-10-7-25-68(34-41)55(73)39-16-17-39/h4-6,11-15,18,32,38-41,50H,1-3,7-10,16-17,19-31,33-36H2,(H,61,69)(H,62,71)(H,64,70)/t41?,50-,57?,58?/m1/s1. The summed E-state index contributed by atoms with van der Waals surface area (Å²) in [5.74, 6) is -2.47. The molecule has 2 atom stereocenters. The molecule has 3 saturated carbocycles. The Morgan fingerprint density at radius 3 is 2.15 bits per heavy atom. The van der Waals surface area contributed by atoms with E-state index < -0.39 is 35.0 Å². The Bertz CT molecular complexity index is 2860. The van der Waals surface area contributed by atoms with E-state index >= 15 is 8.78 Å². The van der Waals surface area contributed by atoms with Gasteiger partial charge in [0.25, 0.3) is 17.4 Å². The first-order chi connectivity index (χ1) is 36.3. The van der Waals surface area contributed by atoms with Crippen molar-refractivity contribution in [2.45, 2.75) is 126 Å². The maximum Gasteiger partial charge on any atom is 0.272 e. The Morgan fingerprint density at radius 2 is 1.43 bits per heavy atom. The summed E-state index contributed by atoms with van der Waals surface area (Å²) in [5.41, 5.74) is 0.458. The van der Waals surface area contributed by atoms with E-state index in [0.29, 0.717) is 92.7 Å². The van der Waals surface area contributed by atoms with Crippen LogP contribution in [0.25, 0.3) is 10.8 Å². The van der Waals surface area contributed by atoms with Gasteiger partial charge in [-0.3, -0.25) is 28.8 Å². The van der Waals surface area contributed by atoms with E-state index in [0.717, 1.165) is 103 Å². The number of halogens is 2. The lowest BCUT2D eigenvalue weighted by atomic mass is 9.70. The summed E-state index contributed by atoms with van der Waals surface area (Å²) in [7, 11) is 0. The number of nitrogens with zero attached hydrogens (tertiary/aromatic N) is 5. The molecule has 0 radical (unpaired) electrons. The quantitative estimate of drug-likeness (QED) is 0.135. The monoisotopic (exact) mass is 1030 g/mol. The van der Waals surface area contributed by atoms with Crippen LogP contribution in [0.2, 0.25) is 0 Å². The fourth-order valence-corrected chi connectivity index (χ4v) is 13.3. The van der Waals surface area contributed by atoms with Gasteiger partial charge in [0, 0.05) is 75.4 Å². The summed E-state index contributed by atoms with van der Waals surface area (Å²) in [6.45, 7) is 5.12. The molecule has 3 aromatic carbocycles. The number of aromatic amines is 1. The number of H-pyrrole nitrogens is 1. The number of amides is 5. The number of piperazine rings is 1. The molecule has 17 heteroatoms. The average molecular weight is 1030 g/mol. The number of ether oxygens (including phenoxy) is 1. The van der Waals surface area contributed by atoms with Crippen molar-refractivity contribution < 1.29 is 37.5 Å². The number of hydrogen-bond acceptors (Lipinski definition) is 9. The molecule has 4 aromatic rings. The highest BCUT2D eigenvalue weighted by molar-refractivity contribution is 5.98. The second-order valence-corrected chi connectivity index (χ2v) is 22.9. The number of fused-ring (bicyclic) bond motifs is 4. The summed E-state index contributed by atoms with van der Waals surface area (Å²) in [4.78, 5) is 88.9. The lowest BCUT2D eigenvalue weighted by Crippen LogP contribution is -2.67. The minimum Gasteiger partial charge on any atom is -0.371 e. The first kappa shape index (κ1) is 51.1. The van der Waals surface area contributed by atoms with Crippen LogP contribution in [0.1, 0.15) is 140 Å². The van der Waals surface area contributed by atoms with Crippen LogP contribution in [0.5, 0.6) is 0 Å². The number of hydrogen-bond donors (Lipinski definition) is 3. The normalized spacial score (nSPS) is 25.3. The van der Waals surface area contributed by atoms with E-state index in [4.69, 9.17) is 4.74 Å². The van der Waals surface area contributed by atoms with Gasteiger partial charge in [0.05, 0.1) is 40.0 Å². The molecule has 75 heavy (non-hydrogen) atoms. The molecule has 3 aliphatic carbocycles. The molecular formula is C58H70F2N8O7. The first-order valence-electron chi connectivity index (χ1n) is 27.7. The summed E-state index contributed by atoms with van der Waals surface area (Å²) >= 11 is 0. The number of aromatic nitrogens is 2. The number of nitrogens with one attached hydrogen (secondary N) is 3. The lowest BCUT2D eigenvalue weighted by Gasteiger charge is -2.55. The van der Waals surface area contributed by atoms with Gasteiger partial charge in [-0.15, -0.1) is 0 Å². The molecule has 15 nitrogen and oxygen atoms in total. The summed E-state index contributed by atoms with van der Waals surface area (Å²) in [6.07, 6.45) is 12.8. The second kappa shape index (κ2) is 21.5. The molecule has 8 aliphatic rings. The van der Waals surface area contributed by atoms with Crippen LogP contribution in [0.15, 0.2) is 65.5 Å². The van der Waals surface area contributed by atoms with Crippen molar-refractivity contribution in [3.8, 4) is 0 Å². The van der Waals surface area contributed by atoms with Crippen LogP contribution < -0.4 is 16.2 Å². The third-order valence-electron chi connectivity index (χ3n) is 18.0. The molecule has 3 N–H and O–H groups in total. The van der Waals surface area contributed by atoms with Gasteiger partial charge >= 0.3 is 0 Å². The number of carbonyl (C=O) groups is 5. The number of rotatable bonds is 13. The van der Waals surface area contributed by atoms with Crippen LogP contribution in [0, 0.1) is 29.4 Å². The summed E-state index contributed by atoms with van der Waals surface area (Å²) in [5, 5.41) is 14.4. The van der Waals surface area contributed by atoms with Crippen molar-refractivity contribution in [1.29, 1.82) is 0 Å². The Balaban J connectivity index is 0.648. The topological polar surface area (TPSA) is 177 Å². The van der Waals surface area contributed by atoms with Crippen molar-refractivity contribution in [2.24, 2.45) is 17.8 Å². The molecule has 12 rings (SSSR count). The van der Waals surface area contributed by atoms with Gasteiger partial charge in [-0.2, -0.15) is 5.10 Å². The van der Waals surface area contributed by atoms with Crippen molar-refractivity contribution >= 4 is 40.3 Å². The highest BCUT2D eigenvalue weighted by atomic mass is 19.1. The van der Waals surface area contributed by atoms with Gasteiger partial charge in [0.1, 0.15) is 17.7 Å². The molecule has 5 amide bonds. The van der Waals surface area contributed by atoms with Crippen LogP contribution >= 0.6 is 0 Å². The maximum atomic E-state index is 16.4. The zero-order valence-corrected chi connectivity index (χ0v) is 42.9. The predicted octanol–water partition coefficient (Wildman–Crippen LogP) is 6.48. The van der Waals surface area contributed by atoms with E-state index in [1.807, 2.05) is 21.9 Å². The smallest absolute Gasteiger partial charge is 0.272 e. The number of benzene rings is 3. The van der Waals surface area contributed by atoms with E-state index in [2.05, 4.69) is 25.7 Å². The third-order valence-corrected chi connectivity index (χ3v) is 18.0. The van der Waals surface area contributed by atoms with Crippen molar-refractivity contribution in [3.63, 3.8) is 0 Å². The van der Waals surface area contributed by atoms with Gasteiger partial charge in [0.15, 0.2) is 0 Å². The third kappa shape index (κ3) is 10.9. The van der Waals surface area contributed by atoms with E-state index in [9.17, 15) is 28.8 Å². The number of carbonyl (C=O) groups excluding carboxylic acids is 5. The zero-order chi connectivity index (χ0) is 51.8. The zero-order valence-electron chi connectivity index (χ0n) is 42.9. The molecular weight excluding hydrogens is 959 g/mol. The van der Waals surface area contributed by atoms with Crippen molar-refractivity contribution in [3.05, 3.63) is 111 Å². The van der Waals surface area contributed by atoms with E-state index in [1.165, 1.54) is 12.1 Å². The lowest BCUT2D eigenvalue weighted by molar-refractivity contribution is -0.176. The molecule has 6 heterocycles. The molecule has 2 bridgehead atoms. The number of piperidine rings is 2. The predicted molar refractivity (Wildman–Crippen MR) is 277 cm³/mol. The molecule has 5 aliphatic heterocycles. The fraction of sp³-hybridized carbons (Fsp3) is 0.569. The van der Waals surface area contributed by atoms with Crippen molar-refractivity contribution in [1.82, 2.24) is 40.4 Å². The van der Waals surface area contributed by atoms with Gasteiger partial charge in [-0.1, -0.05) is 55.7 Å². The minimum absolute atomic E-state index is 0.0319. The van der Waals surface area contributed by atoms with Gasteiger partial charge in [-0.25, -0.2) is 13.9 Å². The Kier molecular flexibility index (Phi) is 14.6. The first-order valence-corrected chi connectivity index (χ1v) is 27.7. The summed E-state index contributed by atoms with van der Waals surface area (Å²) in [6, 6.07) is 15.7. The Hall–Kier alpha value is -6.07. The van der Waals surface area contributed by atoms with Crippen molar-refractivity contribution in [2.75, 3.05) is 65.5 Å². The molecule has 5 saturated heterocycles. The molecule has 0 spiro atoms.